The topological polar surface area (TPSA) is 187 Å². The molecule has 15 nitrogen and oxygen atoms in total. The van der Waals surface area contributed by atoms with Crippen molar-refractivity contribution in [2.24, 2.45) is 0 Å². The number of hydrogen-bond acceptors (Lipinski definition) is 13. The number of benzene rings is 1. The van der Waals surface area contributed by atoms with Crippen molar-refractivity contribution in [1.29, 1.82) is 0 Å². The molecule has 20 heteroatoms. The molecule has 53 heavy (non-hydrogen) atoms. The number of alkyl halides is 3. The minimum Gasteiger partial charge on any atom is -0.431 e. The van der Waals surface area contributed by atoms with Crippen LogP contribution in [0.15, 0.2) is 30.6 Å². The van der Waals surface area contributed by atoms with Gasteiger partial charge < -0.3 is 34.5 Å². The first kappa shape index (κ1) is 38.3. The number of pyridine rings is 1. The lowest BCUT2D eigenvalue weighted by Gasteiger charge is -2.30. The summed E-state index contributed by atoms with van der Waals surface area (Å²) in [5.74, 6) is -2.63. The molecule has 3 aliphatic rings. The molecule has 1 aromatic carbocycles. The van der Waals surface area contributed by atoms with Gasteiger partial charge in [0.1, 0.15) is 34.8 Å². The van der Waals surface area contributed by atoms with Crippen LogP contribution in [0.1, 0.15) is 63.9 Å². The number of thiazole rings is 1. The molecule has 0 bridgehead atoms. The number of ether oxygens (including phenoxy) is 4. The number of rotatable bonds is 12. The van der Waals surface area contributed by atoms with Crippen LogP contribution in [-0.2, 0) is 41.5 Å². The van der Waals surface area contributed by atoms with Gasteiger partial charge in [0.15, 0.2) is 5.13 Å². The molecule has 6 rings (SSSR count). The van der Waals surface area contributed by atoms with Gasteiger partial charge in [-0.2, -0.15) is 0 Å². The summed E-state index contributed by atoms with van der Waals surface area (Å²) in [6.45, 7) is 2.66. The van der Waals surface area contributed by atoms with Gasteiger partial charge in [0.05, 0.1) is 6.20 Å². The SMILES string of the molecule is CC(OC(=O)OC1CCCCC1)OC(=O)[C@@H](Cc1cc2ccnc(N)c2cc1OC(F)(F)F)N1CC[C@H](N(c2cnc(N3CCCC3)s2)S(=O)O)C1=O. The molecule has 1 amide bonds. The van der Waals surface area contributed by atoms with Crippen molar-refractivity contribution in [2.75, 3.05) is 34.6 Å². The Morgan fingerprint density at radius 2 is 1.83 bits per heavy atom. The van der Waals surface area contributed by atoms with Crippen molar-refractivity contribution >= 4 is 67.4 Å². The Hall–Kier alpha value is -4.43. The van der Waals surface area contributed by atoms with Crippen molar-refractivity contribution in [3.05, 3.63) is 36.2 Å². The Kier molecular flexibility index (Phi) is 11.8. The van der Waals surface area contributed by atoms with E-state index in [0.29, 0.717) is 23.4 Å². The molecular weight excluding hydrogens is 746 g/mol. The smallest absolute Gasteiger partial charge is 0.431 e. The molecule has 288 valence electrons. The molecule has 3 fully saturated rings. The second-order valence-corrected chi connectivity index (χ2v) is 14.8. The Labute approximate surface area is 308 Å². The normalized spacial score (nSPS) is 19.9. The minimum absolute atomic E-state index is 0.0303. The van der Waals surface area contributed by atoms with Crippen LogP contribution >= 0.6 is 11.3 Å². The number of nitrogens with zero attached hydrogens (tertiary/aromatic N) is 5. The summed E-state index contributed by atoms with van der Waals surface area (Å²) in [5, 5.41) is 1.40. The zero-order chi connectivity index (χ0) is 37.9. The van der Waals surface area contributed by atoms with Crippen LogP contribution < -0.4 is 19.7 Å². The van der Waals surface area contributed by atoms with Crippen LogP contribution in [0, 0.1) is 0 Å². The summed E-state index contributed by atoms with van der Waals surface area (Å²) in [4.78, 5) is 52.0. The molecular formula is C33H39F3N6O9S2. The number of fused-ring (bicyclic) bond motifs is 1. The van der Waals surface area contributed by atoms with E-state index in [-0.39, 0.29) is 40.8 Å². The Morgan fingerprint density at radius 3 is 2.53 bits per heavy atom. The standard InChI is InChI=1S/C33H39F3N6O9S2/c1-19(49-32(45)50-22-7-3-2-4-8-22)48-30(44)25(16-21-15-20-9-11-38-28(37)23(20)17-26(21)51-33(34,35)36)41-14-10-24(29(41)43)42(53(46)47)27-18-39-31(52-27)40-12-5-6-13-40/h9,11,15,17-19,22,24-25H,2-8,10,12-14,16H2,1H3,(H2,37,38)(H,46,47)/t19?,24-,25+/m0/s1. The number of anilines is 3. The van der Waals surface area contributed by atoms with Gasteiger partial charge >= 0.3 is 18.5 Å². The van der Waals surface area contributed by atoms with Crippen LogP contribution in [0.2, 0.25) is 0 Å². The number of carbonyl (C=O) groups excluding carboxylic acids is 3. The summed E-state index contributed by atoms with van der Waals surface area (Å²) in [6, 6.07) is 1.04. The number of likely N-dealkylation sites (tertiary alicyclic amines) is 1. The molecule has 1 saturated carbocycles. The fourth-order valence-corrected chi connectivity index (χ4v) is 8.74. The molecule has 2 aromatic heterocycles. The highest BCUT2D eigenvalue weighted by Crippen LogP contribution is 2.38. The lowest BCUT2D eigenvalue weighted by Crippen LogP contribution is -2.49. The third kappa shape index (κ3) is 9.21. The maximum absolute atomic E-state index is 14.1. The first-order valence-corrected chi connectivity index (χ1v) is 19.1. The highest BCUT2D eigenvalue weighted by atomic mass is 32.2. The van der Waals surface area contributed by atoms with Gasteiger partial charge in [-0.3, -0.25) is 9.35 Å². The molecule has 0 radical (unpaired) electrons. The van der Waals surface area contributed by atoms with Crippen molar-refractivity contribution in [3.63, 3.8) is 0 Å². The number of carbonyl (C=O) groups is 3. The van der Waals surface area contributed by atoms with Crippen LogP contribution in [0.25, 0.3) is 10.8 Å². The number of aromatic nitrogens is 2. The summed E-state index contributed by atoms with van der Waals surface area (Å²) in [6.07, 6.45) is 0.177. The summed E-state index contributed by atoms with van der Waals surface area (Å²) < 4.78 is 85.4. The maximum Gasteiger partial charge on any atom is 0.573 e. The lowest BCUT2D eigenvalue weighted by atomic mass is 9.98. The number of nitrogens with two attached hydrogens (primary N) is 1. The van der Waals surface area contributed by atoms with E-state index in [1.54, 1.807) is 0 Å². The summed E-state index contributed by atoms with van der Waals surface area (Å²) in [7, 11) is 0. The van der Waals surface area contributed by atoms with Crippen molar-refractivity contribution in [1.82, 2.24) is 14.9 Å². The second-order valence-electron chi connectivity index (χ2n) is 13.0. The molecule has 2 aliphatic heterocycles. The van der Waals surface area contributed by atoms with E-state index in [2.05, 4.69) is 14.7 Å². The zero-order valence-electron chi connectivity index (χ0n) is 28.7. The van der Waals surface area contributed by atoms with Gasteiger partial charge in [0.25, 0.3) is 11.3 Å². The van der Waals surface area contributed by atoms with Crippen molar-refractivity contribution < 1.29 is 55.3 Å². The number of amides is 1. The second kappa shape index (κ2) is 16.3. The molecule has 2 unspecified atom stereocenters. The first-order valence-electron chi connectivity index (χ1n) is 17.2. The van der Waals surface area contributed by atoms with Gasteiger partial charge in [0, 0.05) is 44.6 Å². The molecule has 4 heterocycles. The van der Waals surface area contributed by atoms with Crippen LogP contribution in [-0.4, -0.2) is 92.1 Å². The molecule has 3 N–H and O–H groups in total. The van der Waals surface area contributed by atoms with Crippen molar-refractivity contribution in [2.45, 2.75) is 95.6 Å². The van der Waals surface area contributed by atoms with E-state index < -0.39 is 66.2 Å². The number of hydrogen-bond donors (Lipinski definition) is 2. The molecule has 3 aromatic rings. The van der Waals surface area contributed by atoms with Crippen LogP contribution in [0.5, 0.6) is 5.75 Å². The third-order valence-electron chi connectivity index (χ3n) is 9.36. The monoisotopic (exact) mass is 784 g/mol. The van der Waals surface area contributed by atoms with Gasteiger partial charge in [0.2, 0.25) is 12.2 Å². The first-order chi connectivity index (χ1) is 25.3. The maximum atomic E-state index is 14.1. The minimum atomic E-state index is -5.14. The Morgan fingerprint density at radius 1 is 1.09 bits per heavy atom. The van der Waals surface area contributed by atoms with Gasteiger partial charge in [-0.25, -0.2) is 28.1 Å². The molecule has 0 spiro atoms. The Bertz CT molecular complexity index is 1840. The van der Waals surface area contributed by atoms with Crippen LogP contribution in [0.3, 0.4) is 0 Å². The fourth-order valence-electron chi connectivity index (χ4n) is 6.89. The quantitative estimate of drug-likeness (QED) is 0.137. The summed E-state index contributed by atoms with van der Waals surface area (Å²) >= 11 is -1.56. The van der Waals surface area contributed by atoms with Gasteiger partial charge in [-0.15, -0.1) is 13.2 Å². The lowest BCUT2D eigenvalue weighted by molar-refractivity contribution is -0.274. The highest BCUT2D eigenvalue weighted by Gasteiger charge is 2.45. The van der Waals surface area contributed by atoms with Crippen molar-refractivity contribution in [3.8, 4) is 5.75 Å². The molecule has 1 aliphatic carbocycles. The van der Waals surface area contributed by atoms with E-state index in [9.17, 15) is 36.3 Å². The molecule has 2 saturated heterocycles. The average Bonchev–Trinajstić information content (AvgIpc) is 3.87. The predicted molar refractivity (Wildman–Crippen MR) is 187 cm³/mol. The summed E-state index contributed by atoms with van der Waals surface area (Å²) in [5.41, 5.74) is 5.79. The number of nitrogen functional groups attached to an aromatic ring is 1. The van der Waals surface area contributed by atoms with Crippen LogP contribution in [0.4, 0.5) is 33.9 Å². The van der Waals surface area contributed by atoms with E-state index >= 15 is 0 Å². The Balaban J connectivity index is 1.28. The van der Waals surface area contributed by atoms with Gasteiger partial charge in [-0.1, -0.05) is 17.8 Å². The highest BCUT2D eigenvalue weighted by molar-refractivity contribution is 7.81. The van der Waals surface area contributed by atoms with E-state index in [0.717, 1.165) is 71.8 Å². The van der Waals surface area contributed by atoms with E-state index in [1.165, 1.54) is 31.5 Å². The predicted octanol–water partition coefficient (Wildman–Crippen LogP) is 5.30. The fraction of sp³-hybridized carbons (Fsp3) is 0.545. The average molecular weight is 785 g/mol. The molecule has 4 atom stereocenters. The number of halogens is 3. The third-order valence-corrected chi connectivity index (χ3v) is 11.3. The van der Waals surface area contributed by atoms with E-state index in [1.807, 2.05) is 4.90 Å². The number of esters is 1. The zero-order valence-corrected chi connectivity index (χ0v) is 30.3. The van der Waals surface area contributed by atoms with E-state index in [4.69, 9.17) is 19.9 Å². The van der Waals surface area contributed by atoms with Gasteiger partial charge in [-0.05, 0) is 74.1 Å². The largest absolute Gasteiger partial charge is 0.573 e.